The first kappa shape index (κ1) is 25.3. The largest absolute Gasteiger partial charge is 0.208 e. The molecule has 43 heavy (non-hydrogen) atoms. The topological polar surface area (TPSA) is 38.7 Å². The normalized spacial score (nSPS) is 11.3. The van der Waals surface area contributed by atoms with E-state index in [4.69, 9.17) is 15.0 Å². The van der Waals surface area contributed by atoms with Crippen LogP contribution in [0.4, 0.5) is 0 Å². The first-order valence-electron chi connectivity index (χ1n) is 14.3. The number of hydrogen-bond acceptors (Lipinski definition) is 4. The van der Waals surface area contributed by atoms with Gasteiger partial charge in [-0.15, -0.1) is 11.3 Å². The summed E-state index contributed by atoms with van der Waals surface area (Å²) in [5.41, 5.74) is 7.80. The molecule has 0 saturated carbocycles. The predicted octanol–water partition coefficient (Wildman–Crippen LogP) is 10.6. The highest BCUT2D eigenvalue weighted by atomic mass is 32.1. The average Bonchev–Trinajstić information content (AvgIpc) is 3.46. The summed E-state index contributed by atoms with van der Waals surface area (Å²) in [5, 5.41) is 2.46. The number of benzene rings is 6. The Labute approximate surface area is 253 Å². The summed E-state index contributed by atoms with van der Waals surface area (Å²) in [4.78, 5) is 14.7. The van der Waals surface area contributed by atoms with Gasteiger partial charge in [0.15, 0.2) is 17.5 Å². The lowest BCUT2D eigenvalue weighted by Crippen LogP contribution is -2.00. The molecular formula is C39H25N3S. The molecule has 2 aromatic heterocycles. The second kappa shape index (κ2) is 10.8. The standard InChI is InChI=1S/C39H25N3S/c1-4-10-26(11-5-1)27-16-18-28(19-17-27)31-20-22-33-34-24-32(21-23-35(34)43-36(33)25-31)39-41-37(29-12-6-2-7-13-29)40-38(42-39)30-14-8-3-9-15-30/h1-25H. The van der Waals surface area contributed by atoms with Crippen molar-refractivity contribution >= 4 is 31.5 Å². The number of fused-ring (bicyclic) bond motifs is 3. The Morgan fingerprint density at radius 3 is 1.33 bits per heavy atom. The van der Waals surface area contributed by atoms with Gasteiger partial charge in [-0.1, -0.05) is 127 Å². The van der Waals surface area contributed by atoms with E-state index in [0.717, 1.165) is 16.7 Å². The lowest BCUT2D eigenvalue weighted by molar-refractivity contribution is 1.07. The molecule has 6 aromatic carbocycles. The minimum atomic E-state index is 0.669. The lowest BCUT2D eigenvalue weighted by Gasteiger charge is -2.08. The molecule has 4 heteroatoms. The van der Waals surface area contributed by atoms with E-state index < -0.39 is 0 Å². The number of rotatable bonds is 5. The number of hydrogen-bond donors (Lipinski definition) is 0. The van der Waals surface area contributed by atoms with Crippen LogP contribution in [-0.2, 0) is 0 Å². The van der Waals surface area contributed by atoms with Gasteiger partial charge in [-0.2, -0.15) is 0 Å². The van der Waals surface area contributed by atoms with Crippen molar-refractivity contribution in [3.63, 3.8) is 0 Å². The van der Waals surface area contributed by atoms with E-state index in [1.54, 1.807) is 0 Å². The molecule has 2 heterocycles. The summed E-state index contributed by atoms with van der Waals surface area (Å²) in [5.74, 6) is 2.01. The van der Waals surface area contributed by atoms with Crippen LogP contribution in [0, 0.1) is 0 Å². The van der Waals surface area contributed by atoms with Gasteiger partial charge in [-0.3, -0.25) is 0 Å². The van der Waals surface area contributed by atoms with Crippen LogP contribution in [0.1, 0.15) is 0 Å². The third-order valence-electron chi connectivity index (χ3n) is 7.75. The van der Waals surface area contributed by atoms with Crippen LogP contribution in [-0.4, -0.2) is 15.0 Å². The van der Waals surface area contributed by atoms with Crippen LogP contribution in [0.2, 0.25) is 0 Å². The molecule has 8 rings (SSSR count). The van der Waals surface area contributed by atoms with Gasteiger partial charge < -0.3 is 0 Å². The Kier molecular flexibility index (Phi) is 6.32. The van der Waals surface area contributed by atoms with E-state index in [-0.39, 0.29) is 0 Å². The van der Waals surface area contributed by atoms with Crippen molar-refractivity contribution in [1.82, 2.24) is 15.0 Å². The second-order valence-corrected chi connectivity index (χ2v) is 11.6. The Balaban J connectivity index is 1.19. The van der Waals surface area contributed by atoms with Gasteiger partial charge in [0.05, 0.1) is 0 Å². The van der Waals surface area contributed by atoms with E-state index in [1.165, 1.54) is 42.4 Å². The van der Waals surface area contributed by atoms with Crippen LogP contribution in [0.15, 0.2) is 152 Å². The van der Waals surface area contributed by atoms with E-state index >= 15 is 0 Å². The zero-order valence-corrected chi connectivity index (χ0v) is 24.0. The van der Waals surface area contributed by atoms with Crippen LogP contribution in [0.25, 0.3) is 76.6 Å². The molecule has 0 aliphatic rings. The van der Waals surface area contributed by atoms with Gasteiger partial charge in [0.2, 0.25) is 0 Å². The van der Waals surface area contributed by atoms with Crippen molar-refractivity contribution in [2.75, 3.05) is 0 Å². The maximum absolute atomic E-state index is 4.93. The fourth-order valence-corrected chi connectivity index (χ4v) is 6.64. The molecule has 0 N–H and O–H groups in total. The quantitative estimate of drug-likeness (QED) is 0.208. The summed E-state index contributed by atoms with van der Waals surface area (Å²) >= 11 is 1.82. The summed E-state index contributed by atoms with van der Waals surface area (Å²) in [7, 11) is 0. The van der Waals surface area contributed by atoms with Gasteiger partial charge in [-0.05, 0) is 46.5 Å². The summed E-state index contributed by atoms with van der Waals surface area (Å²) < 4.78 is 2.51. The maximum Gasteiger partial charge on any atom is 0.164 e. The second-order valence-electron chi connectivity index (χ2n) is 10.5. The molecule has 8 aromatic rings. The number of nitrogens with zero attached hydrogens (tertiary/aromatic N) is 3. The summed E-state index contributed by atoms with van der Waals surface area (Å²) in [6, 6.07) is 52.9. The Hall–Kier alpha value is -5.45. The van der Waals surface area contributed by atoms with Gasteiger partial charge in [0.25, 0.3) is 0 Å². The van der Waals surface area contributed by atoms with Crippen molar-refractivity contribution in [1.29, 1.82) is 0 Å². The van der Waals surface area contributed by atoms with Crippen LogP contribution < -0.4 is 0 Å². The van der Waals surface area contributed by atoms with Crippen molar-refractivity contribution in [2.24, 2.45) is 0 Å². The van der Waals surface area contributed by atoms with E-state index in [1.807, 2.05) is 72.0 Å². The molecular weight excluding hydrogens is 543 g/mol. The van der Waals surface area contributed by atoms with Crippen molar-refractivity contribution in [3.05, 3.63) is 152 Å². The van der Waals surface area contributed by atoms with Gasteiger partial charge in [-0.25, -0.2) is 15.0 Å². The van der Waals surface area contributed by atoms with E-state index in [2.05, 4.69) is 91.0 Å². The molecule has 3 nitrogen and oxygen atoms in total. The number of thiophene rings is 1. The predicted molar refractivity (Wildman–Crippen MR) is 180 cm³/mol. The molecule has 202 valence electrons. The molecule has 0 radical (unpaired) electrons. The molecule has 0 fully saturated rings. The molecule has 0 unspecified atom stereocenters. The summed E-state index contributed by atoms with van der Waals surface area (Å²) in [6.07, 6.45) is 0. The maximum atomic E-state index is 4.93. The zero-order chi connectivity index (χ0) is 28.6. The molecule has 0 aliphatic heterocycles. The van der Waals surface area contributed by atoms with Gasteiger partial charge in [0.1, 0.15) is 0 Å². The third kappa shape index (κ3) is 4.88. The molecule has 0 bridgehead atoms. The lowest BCUT2D eigenvalue weighted by atomic mass is 9.99. The minimum absolute atomic E-state index is 0.669. The minimum Gasteiger partial charge on any atom is -0.208 e. The molecule has 0 atom stereocenters. The van der Waals surface area contributed by atoms with Crippen LogP contribution in [0.3, 0.4) is 0 Å². The van der Waals surface area contributed by atoms with Gasteiger partial charge >= 0.3 is 0 Å². The number of aromatic nitrogens is 3. The van der Waals surface area contributed by atoms with E-state index in [9.17, 15) is 0 Å². The van der Waals surface area contributed by atoms with E-state index in [0.29, 0.717) is 17.5 Å². The smallest absolute Gasteiger partial charge is 0.164 e. The molecule has 0 saturated heterocycles. The molecule has 0 aliphatic carbocycles. The monoisotopic (exact) mass is 567 g/mol. The highest BCUT2D eigenvalue weighted by Crippen LogP contribution is 2.38. The Bertz CT molecular complexity index is 2150. The third-order valence-corrected chi connectivity index (χ3v) is 8.89. The Morgan fingerprint density at radius 1 is 0.302 bits per heavy atom. The summed E-state index contributed by atoms with van der Waals surface area (Å²) in [6.45, 7) is 0. The highest BCUT2D eigenvalue weighted by molar-refractivity contribution is 7.25. The molecule has 0 amide bonds. The first-order valence-corrected chi connectivity index (χ1v) is 15.1. The SMILES string of the molecule is c1ccc(-c2ccc(-c3ccc4c(c3)sc3ccc(-c5nc(-c6ccccc6)nc(-c6ccccc6)n5)cc34)cc2)cc1. The van der Waals surface area contributed by atoms with Crippen molar-refractivity contribution < 1.29 is 0 Å². The highest BCUT2D eigenvalue weighted by Gasteiger charge is 2.14. The fraction of sp³-hybridized carbons (Fsp3) is 0. The van der Waals surface area contributed by atoms with Crippen LogP contribution in [0.5, 0.6) is 0 Å². The van der Waals surface area contributed by atoms with Gasteiger partial charge in [0, 0.05) is 36.9 Å². The Morgan fingerprint density at radius 2 is 0.744 bits per heavy atom. The van der Waals surface area contributed by atoms with Crippen molar-refractivity contribution in [2.45, 2.75) is 0 Å². The fourth-order valence-electron chi connectivity index (χ4n) is 5.52. The average molecular weight is 568 g/mol. The first-order chi connectivity index (χ1) is 21.3. The zero-order valence-electron chi connectivity index (χ0n) is 23.2. The van der Waals surface area contributed by atoms with Crippen LogP contribution >= 0.6 is 11.3 Å². The molecule has 0 spiro atoms. The van der Waals surface area contributed by atoms with Crippen molar-refractivity contribution in [3.8, 4) is 56.4 Å².